The molecule has 2 aromatic rings. The summed E-state index contributed by atoms with van der Waals surface area (Å²) < 4.78 is 18.0. The first-order valence-corrected chi connectivity index (χ1v) is 7.44. The van der Waals surface area contributed by atoms with Crippen LogP contribution in [0, 0.1) is 5.82 Å². The standard InChI is InChI=1S/C17H11ClFNO4/c18-14-9-10(19)5-6-13(14)17(23)24-8-7-20-15(21)11-3-1-2-4-12(11)16(20)22/h1-6,9H,7-8H2. The zero-order chi connectivity index (χ0) is 17.3. The molecule has 0 atom stereocenters. The largest absolute Gasteiger partial charge is 0.460 e. The molecule has 122 valence electrons. The molecular formula is C17H11ClFNO4. The van der Waals surface area contributed by atoms with Gasteiger partial charge in [-0.3, -0.25) is 14.5 Å². The van der Waals surface area contributed by atoms with Gasteiger partial charge in [-0.1, -0.05) is 23.7 Å². The Morgan fingerprint density at radius 3 is 2.29 bits per heavy atom. The van der Waals surface area contributed by atoms with Crippen molar-refractivity contribution in [3.8, 4) is 0 Å². The Labute approximate surface area is 141 Å². The third-order valence-corrected chi connectivity index (χ3v) is 3.89. The van der Waals surface area contributed by atoms with Crippen LogP contribution in [0.3, 0.4) is 0 Å². The molecule has 0 saturated carbocycles. The zero-order valence-corrected chi connectivity index (χ0v) is 13.0. The molecule has 24 heavy (non-hydrogen) atoms. The molecule has 1 heterocycles. The Morgan fingerprint density at radius 2 is 1.71 bits per heavy atom. The van der Waals surface area contributed by atoms with Crippen molar-refractivity contribution in [3.05, 3.63) is 70.0 Å². The highest BCUT2D eigenvalue weighted by atomic mass is 35.5. The van der Waals surface area contributed by atoms with Gasteiger partial charge in [0.2, 0.25) is 0 Å². The topological polar surface area (TPSA) is 63.7 Å². The summed E-state index contributed by atoms with van der Waals surface area (Å²) in [6.07, 6.45) is 0. The SMILES string of the molecule is O=C(OCCN1C(=O)c2ccccc2C1=O)c1ccc(F)cc1Cl. The molecule has 0 fully saturated rings. The predicted molar refractivity (Wildman–Crippen MR) is 83.5 cm³/mol. The van der Waals surface area contributed by atoms with Gasteiger partial charge in [0.05, 0.1) is 28.3 Å². The first kappa shape index (κ1) is 16.1. The zero-order valence-electron chi connectivity index (χ0n) is 12.3. The molecule has 0 spiro atoms. The lowest BCUT2D eigenvalue weighted by molar-refractivity contribution is 0.0420. The summed E-state index contributed by atoms with van der Waals surface area (Å²) in [7, 11) is 0. The van der Waals surface area contributed by atoms with Gasteiger partial charge in [-0.25, -0.2) is 9.18 Å². The minimum Gasteiger partial charge on any atom is -0.460 e. The first-order chi connectivity index (χ1) is 11.5. The Morgan fingerprint density at radius 1 is 1.08 bits per heavy atom. The Bertz CT molecular complexity index is 817. The lowest BCUT2D eigenvalue weighted by atomic mass is 10.1. The van der Waals surface area contributed by atoms with Crippen molar-refractivity contribution >= 4 is 29.4 Å². The number of halogens is 2. The van der Waals surface area contributed by atoms with E-state index in [4.69, 9.17) is 16.3 Å². The number of rotatable bonds is 4. The number of imide groups is 1. The van der Waals surface area contributed by atoms with Crippen LogP contribution in [0.25, 0.3) is 0 Å². The number of hydrogen-bond acceptors (Lipinski definition) is 4. The molecule has 0 aromatic heterocycles. The average Bonchev–Trinajstić information content (AvgIpc) is 2.80. The predicted octanol–water partition coefficient (Wildman–Crippen LogP) is 2.93. The van der Waals surface area contributed by atoms with Gasteiger partial charge in [0.1, 0.15) is 12.4 Å². The quantitative estimate of drug-likeness (QED) is 0.630. The number of carbonyl (C=O) groups excluding carboxylic acids is 3. The van der Waals surface area contributed by atoms with Crippen LogP contribution in [-0.4, -0.2) is 35.8 Å². The van der Waals surface area contributed by atoms with Crippen molar-refractivity contribution in [2.75, 3.05) is 13.2 Å². The van der Waals surface area contributed by atoms with Gasteiger partial charge in [0.25, 0.3) is 11.8 Å². The fourth-order valence-electron chi connectivity index (χ4n) is 2.40. The van der Waals surface area contributed by atoms with E-state index in [1.54, 1.807) is 24.3 Å². The fraction of sp³-hybridized carbons (Fsp3) is 0.118. The minimum absolute atomic E-state index is 0.0143. The molecule has 1 aliphatic heterocycles. The molecule has 0 aliphatic carbocycles. The summed E-state index contributed by atoms with van der Waals surface area (Å²) in [6, 6.07) is 9.78. The monoisotopic (exact) mass is 347 g/mol. The maximum Gasteiger partial charge on any atom is 0.339 e. The molecule has 0 saturated heterocycles. The molecule has 5 nitrogen and oxygen atoms in total. The summed E-state index contributed by atoms with van der Waals surface area (Å²) in [5.74, 6) is -2.17. The van der Waals surface area contributed by atoms with E-state index in [1.807, 2.05) is 0 Å². The highest BCUT2D eigenvalue weighted by molar-refractivity contribution is 6.33. The van der Waals surface area contributed by atoms with Crippen molar-refractivity contribution in [2.45, 2.75) is 0 Å². The van der Waals surface area contributed by atoms with Crippen molar-refractivity contribution in [2.24, 2.45) is 0 Å². The molecule has 0 unspecified atom stereocenters. The van der Waals surface area contributed by atoms with Crippen LogP contribution in [0.2, 0.25) is 5.02 Å². The minimum atomic E-state index is -0.753. The number of esters is 1. The molecule has 2 aromatic carbocycles. The number of carbonyl (C=O) groups is 3. The van der Waals surface area contributed by atoms with E-state index >= 15 is 0 Å². The summed E-state index contributed by atoms with van der Waals surface area (Å²) >= 11 is 5.78. The molecule has 2 amide bonds. The van der Waals surface area contributed by atoms with Gasteiger partial charge in [0.15, 0.2) is 0 Å². The van der Waals surface area contributed by atoms with Crippen molar-refractivity contribution in [3.63, 3.8) is 0 Å². The Balaban J connectivity index is 1.62. The molecule has 0 bridgehead atoms. The van der Waals surface area contributed by atoms with E-state index in [1.165, 1.54) is 6.07 Å². The molecule has 0 radical (unpaired) electrons. The van der Waals surface area contributed by atoms with Crippen molar-refractivity contribution < 1.29 is 23.5 Å². The van der Waals surface area contributed by atoms with E-state index < -0.39 is 23.6 Å². The molecular weight excluding hydrogens is 337 g/mol. The normalized spacial score (nSPS) is 13.2. The van der Waals surface area contributed by atoms with Crippen LogP contribution in [-0.2, 0) is 4.74 Å². The van der Waals surface area contributed by atoms with Crippen LogP contribution in [0.1, 0.15) is 31.1 Å². The Hall–Kier alpha value is -2.73. The lowest BCUT2D eigenvalue weighted by Gasteiger charge is -2.14. The molecule has 1 aliphatic rings. The van der Waals surface area contributed by atoms with Crippen LogP contribution >= 0.6 is 11.6 Å². The second kappa shape index (κ2) is 6.41. The van der Waals surface area contributed by atoms with Gasteiger partial charge in [0, 0.05) is 0 Å². The second-order valence-corrected chi connectivity index (χ2v) is 5.47. The van der Waals surface area contributed by atoms with E-state index in [2.05, 4.69) is 0 Å². The van der Waals surface area contributed by atoms with Gasteiger partial charge in [-0.15, -0.1) is 0 Å². The van der Waals surface area contributed by atoms with Gasteiger partial charge >= 0.3 is 5.97 Å². The fourth-order valence-corrected chi connectivity index (χ4v) is 2.65. The molecule has 7 heteroatoms. The number of nitrogens with zero attached hydrogens (tertiary/aromatic N) is 1. The van der Waals surface area contributed by atoms with Crippen LogP contribution in [0.5, 0.6) is 0 Å². The summed E-state index contributed by atoms with van der Waals surface area (Å²) in [6.45, 7) is -0.255. The number of benzene rings is 2. The summed E-state index contributed by atoms with van der Waals surface area (Å²) in [5, 5.41) is -0.0688. The number of amides is 2. The smallest absolute Gasteiger partial charge is 0.339 e. The van der Waals surface area contributed by atoms with E-state index in [9.17, 15) is 18.8 Å². The van der Waals surface area contributed by atoms with E-state index in [-0.39, 0.29) is 23.7 Å². The van der Waals surface area contributed by atoms with Crippen LogP contribution in [0.4, 0.5) is 4.39 Å². The number of ether oxygens (including phenoxy) is 1. The van der Waals surface area contributed by atoms with E-state index in [0.29, 0.717) is 11.1 Å². The highest BCUT2D eigenvalue weighted by Crippen LogP contribution is 2.22. The molecule has 3 rings (SSSR count). The van der Waals surface area contributed by atoms with E-state index in [0.717, 1.165) is 17.0 Å². The summed E-state index contributed by atoms with van der Waals surface area (Å²) in [5.41, 5.74) is 0.672. The van der Waals surface area contributed by atoms with Gasteiger partial charge < -0.3 is 4.74 Å². The summed E-state index contributed by atoms with van der Waals surface area (Å²) in [4.78, 5) is 37.2. The molecule has 0 N–H and O–H groups in total. The first-order valence-electron chi connectivity index (χ1n) is 7.06. The highest BCUT2D eigenvalue weighted by Gasteiger charge is 2.34. The Kier molecular flexibility index (Phi) is 4.31. The third kappa shape index (κ3) is 2.88. The maximum absolute atomic E-state index is 13.0. The number of hydrogen-bond donors (Lipinski definition) is 0. The number of fused-ring (bicyclic) bond motifs is 1. The lowest BCUT2D eigenvalue weighted by Crippen LogP contribution is -2.33. The van der Waals surface area contributed by atoms with Crippen molar-refractivity contribution in [1.29, 1.82) is 0 Å². The average molecular weight is 348 g/mol. The van der Waals surface area contributed by atoms with Crippen molar-refractivity contribution in [1.82, 2.24) is 4.90 Å². The van der Waals surface area contributed by atoms with Gasteiger partial charge in [-0.2, -0.15) is 0 Å². The second-order valence-electron chi connectivity index (χ2n) is 5.07. The van der Waals surface area contributed by atoms with Crippen LogP contribution < -0.4 is 0 Å². The van der Waals surface area contributed by atoms with Gasteiger partial charge in [-0.05, 0) is 30.3 Å². The van der Waals surface area contributed by atoms with Crippen LogP contribution in [0.15, 0.2) is 42.5 Å². The maximum atomic E-state index is 13.0. The third-order valence-electron chi connectivity index (χ3n) is 3.58.